The van der Waals surface area contributed by atoms with Gasteiger partial charge in [-0.25, -0.2) is 5.01 Å². The number of hydrogen-bond donors (Lipinski definition) is 1. The molecule has 0 aliphatic carbocycles. The zero-order valence-electron chi connectivity index (χ0n) is 15.7. The third-order valence-electron chi connectivity index (χ3n) is 5.42. The molecule has 3 heterocycles. The van der Waals surface area contributed by atoms with Gasteiger partial charge >= 0.3 is 0 Å². The quantitative estimate of drug-likeness (QED) is 0.879. The molecular formula is C21H26N3O3+. The van der Waals surface area contributed by atoms with Gasteiger partial charge in [0.05, 0.1) is 32.2 Å². The number of furan rings is 1. The summed E-state index contributed by atoms with van der Waals surface area (Å²) in [5.74, 6) is 1.66. The summed E-state index contributed by atoms with van der Waals surface area (Å²) in [6.07, 6.45) is 5.98. The number of amides is 1. The Balaban J connectivity index is 1.56. The Morgan fingerprint density at radius 3 is 2.67 bits per heavy atom. The molecule has 1 atom stereocenters. The van der Waals surface area contributed by atoms with Crippen LogP contribution in [0.1, 0.15) is 43.0 Å². The molecule has 2 aromatic rings. The maximum Gasteiger partial charge on any atom is 0.298 e. The second-order valence-corrected chi connectivity index (χ2v) is 7.24. The summed E-state index contributed by atoms with van der Waals surface area (Å²) in [4.78, 5) is 14.4. The van der Waals surface area contributed by atoms with Crippen LogP contribution in [-0.4, -0.2) is 43.4 Å². The first-order chi connectivity index (χ1) is 13.2. The summed E-state index contributed by atoms with van der Waals surface area (Å²) in [5.41, 5.74) is 1.91. The number of methoxy groups -OCH3 is 1. The first-order valence-corrected chi connectivity index (χ1v) is 9.65. The molecule has 6 heteroatoms. The van der Waals surface area contributed by atoms with Crippen LogP contribution in [0.2, 0.25) is 0 Å². The Bertz CT molecular complexity index is 793. The maximum absolute atomic E-state index is 13.0. The summed E-state index contributed by atoms with van der Waals surface area (Å²) in [6.45, 7) is 2.64. The minimum atomic E-state index is -0.172. The van der Waals surface area contributed by atoms with E-state index in [1.54, 1.807) is 18.4 Å². The first-order valence-electron chi connectivity index (χ1n) is 9.65. The SMILES string of the molecule is COc1ccc(C2=NN(C(=O)C[NH+]3CCCCC3)[C@H](c3ccco3)C2)cc1. The lowest BCUT2D eigenvalue weighted by Gasteiger charge is -2.26. The third kappa shape index (κ3) is 3.90. The van der Waals surface area contributed by atoms with Crippen molar-refractivity contribution in [3.8, 4) is 5.75 Å². The lowest BCUT2D eigenvalue weighted by atomic mass is 10.0. The van der Waals surface area contributed by atoms with Gasteiger partial charge in [0.1, 0.15) is 17.6 Å². The number of hydrazone groups is 1. The molecule has 1 fully saturated rings. The van der Waals surface area contributed by atoms with Crippen LogP contribution < -0.4 is 9.64 Å². The van der Waals surface area contributed by atoms with Crippen LogP contribution in [0.3, 0.4) is 0 Å². The average Bonchev–Trinajstić information content (AvgIpc) is 3.38. The summed E-state index contributed by atoms with van der Waals surface area (Å²) in [7, 11) is 1.65. The summed E-state index contributed by atoms with van der Waals surface area (Å²) < 4.78 is 10.8. The van der Waals surface area contributed by atoms with Crippen molar-refractivity contribution in [1.29, 1.82) is 0 Å². The summed E-state index contributed by atoms with van der Waals surface area (Å²) in [5, 5.41) is 6.34. The molecule has 4 rings (SSSR count). The van der Waals surface area contributed by atoms with Gasteiger partial charge in [0.15, 0.2) is 6.54 Å². The molecule has 6 nitrogen and oxygen atoms in total. The van der Waals surface area contributed by atoms with Gasteiger partial charge in [-0.3, -0.25) is 4.79 Å². The van der Waals surface area contributed by atoms with Crippen LogP contribution >= 0.6 is 0 Å². The van der Waals surface area contributed by atoms with E-state index < -0.39 is 0 Å². The van der Waals surface area contributed by atoms with Crippen molar-refractivity contribution in [2.75, 3.05) is 26.7 Å². The molecule has 1 aromatic carbocycles. The van der Waals surface area contributed by atoms with E-state index in [1.165, 1.54) is 24.2 Å². The predicted octanol–water partition coefficient (Wildman–Crippen LogP) is 2.03. The fourth-order valence-corrected chi connectivity index (χ4v) is 3.92. The molecule has 142 valence electrons. The van der Waals surface area contributed by atoms with Crippen LogP contribution in [-0.2, 0) is 4.79 Å². The maximum atomic E-state index is 13.0. The standard InChI is InChI=1S/C21H25N3O3/c1-26-17-9-7-16(8-10-17)18-14-19(20-6-5-13-27-20)24(22-18)21(25)15-23-11-3-2-4-12-23/h5-10,13,19H,2-4,11-12,14-15H2,1H3/p+1/t19-/m0/s1. The number of piperidine rings is 1. The van der Waals surface area contributed by atoms with Crippen molar-refractivity contribution >= 4 is 11.6 Å². The van der Waals surface area contributed by atoms with Gasteiger partial charge in [0, 0.05) is 6.42 Å². The lowest BCUT2D eigenvalue weighted by molar-refractivity contribution is -0.897. The molecule has 0 radical (unpaired) electrons. The summed E-state index contributed by atoms with van der Waals surface area (Å²) in [6, 6.07) is 11.4. The van der Waals surface area contributed by atoms with E-state index in [2.05, 4.69) is 0 Å². The normalized spacial score (nSPS) is 20.6. The van der Waals surface area contributed by atoms with E-state index >= 15 is 0 Å². The van der Waals surface area contributed by atoms with Gasteiger partial charge in [-0.2, -0.15) is 5.10 Å². The number of nitrogens with zero attached hydrogens (tertiary/aromatic N) is 2. The number of ether oxygens (including phenoxy) is 1. The van der Waals surface area contributed by atoms with E-state index in [0.29, 0.717) is 13.0 Å². The molecule has 1 N–H and O–H groups in total. The van der Waals surface area contributed by atoms with Gasteiger partial charge in [0.25, 0.3) is 5.91 Å². The molecule has 1 amide bonds. The highest BCUT2D eigenvalue weighted by molar-refractivity contribution is 6.03. The van der Waals surface area contributed by atoms with E-state index in [-0.39, 0.29) is 11.9 Å². The number of likely N-dealkylation sites (tertiary alicyclic amines) is 1. The number of hydrogen-bond acceptors (Lipinski definition) is 4. The highest BCUT2D eigenvalue weighted by Crippen LogP contribution is 2.33. The molecule has 2 aliphatic rings. The van der Waals surface area contributed by atoms with Gasteiger partial charge in [-0.1, -0.05) is 0 Å². The first kappa shape index (κ1) is 17.8. The van der Waals surface area contributed by atoms with Crippen LogP contribution in [0, 0.1) is 0 Å². The van der Waals surface area contributed by atoms with E-state index in [0.717, 1.165) is 35.9 Å². The fraction of sp³-hybridized carbons (Fsp3) is 0.429. The molecule has 0 spiro atoms. The number of rotatable bonds is 5. The van der Waals surface area contributed by atoms with Crippen molar-refractivity contribution in [3.05, 3.63) is 54.0 Å². The van der Waals surface area contributed by atoms with Gasteiger partial charge in [-0.05, 0) is 61.2 Å². The topological polar surface area (TPSA) is 59.5 Å². The number of carbonyl (C=O) groups is 1. The number of nitrogens with one attached hydrogen (secondary N) is 1. The molecule has 2 aliphatic heterocycles. The van der Waals surface area contributed by atoms with Crippen molar-refractivity contribution < 1.29 is 18.8 Å². The summed E-state index contributed by atoms with van der Waals surface area (Å²) >= 11 is 0. The van der Waals surface area contributed by atoms with Crippen LogP contribution in [0.5, 0.6) is 5.75 Å². The Labute approximate surface area is 159 Å². The second kappa shape index (κ2) is 7.96. The van der Waals surface area contributed by atoms with E-state index in [9.17, 15) is 4.79 Å². The number of benzene rings is 1. The van der Waals surface area contributed by atoms with Crippen molar-refractivity contribution in [2.24, 2.45) is 5.10 Å². The van der Waals surface area contributed by atoms with Crippen molar-refractivity contribution in [2.45, 2.75) is 31.7 Å². The van der Waals surface area contributed by atoms with E-state index in [1.807, 2.05) is 36.4 Å². The van der Waals surface area contributed by atoms with Gasteiger partial charge in [0.2, 0.25) is 0 Å². The lowest BCUT2D eigenvalue weighted by Crippen LogP contribution is -3.13. The Hall–Kier alpha value is -2.60. The minimum absolute atomic E-state index is 0.0665. The Kier molecular flexibility index (Phi) is 5.25. The monoisotopic (exact) mass is 368 g/mol. The molecule has 0 bridgehead atoms. The Morgan fingerprint density at radius 2 is 2.00 bits per heavy atom. The van der Waals surface area contributed by atoms with Crippen LogP contribution in [0.15, 0.2) is 52.2 Å². The largest absolute Gasteiger partial charge is 0.497 e. The molecule has 1 aromatic heterocycles. The molecule has 0 saturated carbocycles. The van der Waals surface area contributed by atoms with Gasteiger partial charge in [-0.15, -0.1) is 0 Å². The smallest absolute Gasteiger partial charge is 0.298 e. The highest BCUT2D eigenvalue weighted by Gasteiger charge is 2.36. The molecule has 1 saturated heterocycles. The highest BCUT2D eigenvalue weighted by atomic mass is 16.5. The minimum Gasteiger partial charge on any atom is -0.497 e. The van der Waals surface area contributed by atoms with Crippen molar-refractivity contribution in [3.63, 3.8) is 0 Å². The molecule has 0 unspecified atom stereocenters. The second-order valence-electron chi connectivity index (χ2n) is 7.24. The number of carbonyl (C=O) groups excluding carboxylic acids is 1. The van der Waals surface area contributed by atoms with Crippen LogP contribution in [0.25, 0.3) is 0 Å². The molecular weight excluding hydrogens is 342 g/mol. The van der Waals surface area contributed by atoms with Crippen LogP contribution in [0.4, 0.5) is 0 Å². The fourth-order valence-electron chi connectivity index (χ4n) is 3.92. The predicted molar refractivity (Wildman–Crippen MR) is 102 cm³/mol. The van der Waals surface area contributed by atoms with E-state index in [4.69, 9.17) is 14.3 Å². The zero-order chi connectivity index (χ0) is 18.6. The van der Waals surface area contributed by atoms with Crippen molar-refractivity contribution in [1.82, 2.24) is 5.01 Å². The third-order valence-corrected chi connectivity index (χ3v) is 5.42. The molecule has 27 heavy (non-hydrogen) atoms. The average molecular weight is 368 g/mol. The van der Waals surface area contributed by atoms with Gasteiger partial charge < -0.3 is 14.1 Å². The number of quaternary nitrogens is 1. The Morgan fingerprint density at radius 1 is 1.22 bits per heavy atom. The zero-order valence-corrected chi connectivity index (χ0v) is 15.7.